The highest BCUT2D eigenvalue weighted by atomic mass is 16.5. The Bertz CT molecular complexity index is 894. The van der Waals surface area contributed by atoms with Crippen LogP contribution in [0.25, 0.3) is 0 Å². The summed E-state index contributed by atoms with van der Waals surface area (Å²) in [4.78, 5) is 26.2. The number of rotatable bonds is 12. The normalized spacial score (nSPS) is 14.2. The molecule has 1 aliphatic rings. The number of amides is 1. The molecular formula is C26H34N2O5. The van der Waals surface area contributed by atoms with E-state index >= 15 is 0 Å². The molecule has 2 aromatic rings. The quantitative estimate of drug-likeness (QED) is 0.495. The van der Waals surface area contributed by atoms with Crippen molar-refractivity contribution in [3.63, 3.8) is 0 Å². The highest BCUT2D eigenvalue weighted by molar-refractivity contribution is 5.95. The third-order valence-corrected chi connectivity index (χ3v) is 5.78. The number of Topliss-reactive ketones (excluding diaryl/α,β-unsaturated/α-hetero) is 1. The topological polar surface area (TPSA) is 77.1 Å². The molecule has 1 aliphatic heterocycles. The van der Waals surface area contributed by atoms with Crippen LogP contribution < -0.4 is 14.8 Å². The third-order valence-electron chi connectivity index (χ3n) is 5.78. The molecule has 0 bridgehead atoms. The lowest BCUT2D eigenvalue weighted by Crippen LogP contribution is -2.38. The van der Waals surface area contributed by atoms with Gasteiger partial charge in [-0.25, -0.2) is 0 Å². The third kappa shape index (κ3) is 8.18. The van der Waals surface area contributed by atoms with Gasteiger partial charge in [-0.1, -0.05) is 19.1 Å². The molecule has 7 heteroatoms. The molecule has 7 nitrogen and oxygen atoms in total. The predicted molar refractivity (Wildman–Crippen MR) is 127 cm³/mol. The van der Waals surface area contributed by atoms with Gasteiger partial charge < -0.3 is 19.5 Å². The Morgan fingerprint density at radius 2 is 1.82 bits per heavy atom. The number of hydrogen-bond acceptors (Lipinski definition) is 6. The average molecular weight is 455 g/mol. The van der Waals surface area contributed by atoms with E-state index in [1.165, 1.54) is 0 Å². The van der Waals surface area contributed by atoms with Crippen LogP contribution in [0.1, 0.15) is 42.1 Å². The standard InChI is InChI=1S/C26H34N2O5/c1-3-25(29)21-7-9-23(10-8-21)33-19-26(30)27-18-20-5-4-6-24(17-20)32-16-13-28(2)22-11-14-31-15-12-22/h4-10,17,22H,3,11-16,18-19H2,1-2H3,(H,27,30). The molecule has 1 heterocycles. The lowest BCUT2D eigenvalue weighted by Gasteiger charge is -2.31. The molecule has 1 N–H and O–H groups in total. The maximum Gasteiger partial charge on any atom is 0.258 e. The SMILES string of the molecule is CCC(=O)c1ccc(OCC(=O)NCc2cccc(OCCN(C)C3CCOCC3)c2)cc1. The summed E-state index contributed by atoms with van der Waals surface area (Å²) in [6.07, 6.45) is 2.60. The summed E-state index contributed by atoms with van der Waals surface area (Å²) in [5.41, 5.74) is 1.60. The van der Waals surface area contributed by atoms with Crippen molar-refractivity contribution in [3.05, 3.63) is 59.7 Å². The smallest absolute Gasteiger partial charge is 0.258 e. The number of nitrogens with zero attached hydrogens (tertiary/aromatic N) is 1. The van der Waals surface area contributed by atoms with Gasteiger partial charge in [0.15, 0.2) is 12.4 Å². The first kappa shape index (κ1) is 24.7. The van der Waals surface area contributed by atoms with Gasteiger partial charge in [0, 0.05) is 44.3 Å². The van der Waals surface area contributed by atoms with E-state index in [1.54, 1.807) is 24.3 Å². The molecule has 3 rings (SSSR count). The second kappa shape index (κ2) is 13.0. The molecule has 1 fully saturated rings. The molecule has 2 aromatic carbocycles. The average Bonchev–Trinajstić information content (AvgIpc) is 2.86. The molecule has 178 valence electrons. The molecule has 1 amide bonds. The Balaban J connectivity index is 1.37. The maximum absolute atomic E-state index is 12.2. The van der Waals surface area contributed by atoms with Crippen LogP contribution >= 0.6 is 0 Å². The summed E-state index contributed by atoms with van der Waals surface area (Å²) >= 11 is 0. The van der Waals surface area contributed by atoms with Gasteiger partial charge in [0.1, 0.15) is 18.1 Å². The van der Waals surface area contributed by atoms with Crippen LogP contribution in [0.2, 0.25) is 0 Å². The van der Waals surface area contributed by atoms with Crippen molar-refractivity contribution in [2.75, 3.05) is 40.0 Å². The molecule has 1 saturated heterocycles. The zero-order valence-corrected chi connectivity index (χ0v) is 19.5. The number of hydrogen-bond donors (Lipinski definition) is 1. The fourth-order valence-corrected chi connectivity index (χ4v) is 3.70. The summed E-state index contributed by atoms with van der Waals surface area (Å²) in [7, 11) is 2.13. The van der Waals surface area contributed by atoms with E-state index in [0.29, 0.717) is 36.9 Å². The summed E-state index contributed by atoms with van der Waals surface area (Å²) in [5, 5.41) is 2.86. The van der Waals surface area contributed by atoms with Gasteiger partial charge in [-0.15, -0.1) is 0 Å². The molecular weight excluding hydrogens is 420 g/mol. The van der Waals surface area contributed by atoms with Crippen molar-refractivity contribution in [1.82, 2.24) is 10.2 Å². The number of ether oxygens (including phenoxy) is 3. The molecule has 0 aliphatic carbocycles. The Hall–Kier alpha value is -2.90. The number of nitrogens with one attached hydrogen (secondary N) is 1. The second-order valence-corrected chi connectivity index (χ2v) is 8.19. The van der Waals surface area contributed by atoms with Crippen LogP contribution in [-0.2, 0) is 16.1 Å². The van der Waals surface area contributed by atoms with E-state index in [0.717, 1.165) is 43.9 Å². The fourth-order valence-electron chi connectivity index (χ4n) is 3.70. The van der Waals surface area contributed by atoms with E-state index in [-0.39, 0.29) is 18.3 Å². The van der Waals surface area contributed by atoms with Crippen molar-refractivity contribution in [3.8, 4) is 11.5 Å². The Kier molecular flexibility index (Phi) is 9.72. The summed E-state index contributed by atoms with van der Waals surface area (Å²) in [6, 6.07) is 15.1. The van der Waals surface area contributed by atoms with Crippen LogP contribution in [0.4, 0.5) is 0 Å². The van der Waals surface area contributed by atoms with Crippen molar-refractivity contribution < 1.29 is 23.8 Å². The first-order valence-electron chi connectivity index (χ1n) is 11.6. The van der Waals surface area contributed by atoms with E-state index in [1.807, 2.05) is 31.2 Å². The van der Waals surface area contributed by atoms with Gasteiger partial charge in [-0.2, -0.15) is 0 Å². The Morgan fingerprint density at radius 1 is 1.06 bits per heavy atom. The first-order valence-corrected chi connectivity index (χ1v) is 11.6. The molecule has 0 radical (unpaired) electrons. The lowest BCUT2D eigenvalue weighted by atomic mass is 10.1. The van der Waals surface area contributed by atoms with Crippen LogP contribution in [0.15, 0.2) is 48.5 Å². The number of ketones is 1. The zero-order valence-electron chi connectivity index (χ0n) is 19.5. The molecule has 0 spiro atoms. The number of carbonyl (C=O) groups is 2. The lowest BCUT2D eigenvalue weighted by molar-refractivity contribution is -0.123. The van der Waals surface area contributed by atoms with E-state index in [2.05, 4.69) is 17.3 Å². The van der Waals surface area contributed by atoms with Gasteiger partial charge in [0.25, 0.3) is 5.91 Å². The highest BCUT2D eigenvalue weighted by Crippen LogP contribution is 2.16. The summed E-state index contributed by atoms with van der Waals surface area (Å²) in [5.74, 6) is 1.21. The van der Waals surface area contributed by atoms with E-state index in [4.69, 9.17) is 14.2 Å². The van der Waals surface area contributed by atoms with Gasteiger partial charge in [0.05, 0.1) is 0 Å². The highest BCUT2D eigenvalue weighted by Gasteiger charge is 2.18. The molecule has 0 saturated carbocycles. The van der Waals surface area contributed by atoms with Gasteiger partial charge in [-0.05, 0) is 61.9 Å². The molecule has 0 aromatic heterocycles. The van der Waals surface area contributed by atoms with Crippen LogP contribution in [-0.4, -0.2) is 62.7 Å². The Morgan fingerprint density at radius 3 is 2.55 bits per heavy atom. The minimum Gasteiger partial charge on any atom is -0.492 e. The number of benzene rings is 2. The minimum absolute atomic E-state index is 0.0804. The van der Waals surface area contributed by atoms with Crippen molar-refractivity contribution in [2.45, 2.75) is 38.8 Å². The monoisotopic (exact) mass is 454 g/mol. The number of likely N-dealkylation sites (N-methyl/N-ethyl adjacent to an activating group) is 1. The minimum atomic E-state index is -0.215. The zero-order chi connectivity index (χ0) is 23.5. The van der Waals surface area contributed by atoms with E-state index in [9.17, 15) is 9.59 Å². The summed E-state index contributed by atoms with van der Waals surface area (Å²) < 4.78 is 16.9. The number of carbonyl (C=O) groups excluding carboxylic acids is 2. The van der Waals surface area contributed by atoms with Crippen LogP contribution in [0, 0.1) is 0 Å². The van der Waals surface area contributed by atoms with Crippen LogP contribution in [0.3, 0.4) is 0 Å². The summed E-state index contributed by atoms with van der Waals surface area (Å²) in [6.45, 7) is 5.27. The molecule has 0 unspecified atom stereocenters. The van der Waals surface area contributed by atoms with Crippen molar-refractivity contribution >= 4 is 11.7 Å². The van der Waals surface area contributed by atoms with Gasteiger partial charge in [-0.3, -0.25) is 14.5 Å². The van der Waals surface area contributed by atoms with Crippen molar-refractivity contribution in [2.24, 2.45) is 0 Å². The van der Waals surface area contributed by atoms with Crippen LogP contribution in [0.5, 0.6) is 11.5 Å². The second-order valence-electron chi connectivity index (χ2n) is 8.19. The van der Waals surface area contributed by atoms with Gasteiger partial charge >= 0.3 is 0 Å². The maximum atomic E-state index is 12.2. The van der Waals surface area contributed by atoms with Crippen molar-refractivity contribution in [1.29, 1.82) is 0 Å². The molecule has 0 atom stereocenters. The first-order chi connectivity index (χ1) is 16.0. The fraction of sp³-hybridized carbons (Fsp3) is 0.462. The largest absolute Gasteiger partial charge is 0.492 e. The molecule has 33 heavy (non-hydrogen) atoms. The van der Waals surface area contributed by atoms with Gasteiger partial charge in [0.2, 0.25) is 0 Å². The predicted octanol–water partition coefficient (Wildman–Crippen LogP) is 3.46. The van der Waals surface area contributed by atoms with E-state index < -0.39 is 0 Å². The Labute approximate surface area is 196 Å².